The summed E-state index contributed by atoms with van der Waals surface area (Å²) in [5, 5.41) is 3.20. The summed E-state index contributed by atoms with van der Waals surface area (Å²) in [4.78, 5) is 2.30. The molecular formula is C15H20N2. The monoisotopic (exact) mass is 228 g/mol. The van der Waals surface area contributed by atoms with Crippen molar-refractivity contribution < 1.29 is 0 Å². The van der Waals surface area contributed by atoms with Gasteiger partial charge in [-0.1, -0.05) is 24.8 Å². The van der Waals surface area contributed by atoms with Crippen molar-refractivity contribution in [2.75, 3.05) is 18.5 Å². The third-order valence-corrected chi connectivity index (χ3v) is 3.28. The number of allylic oxidation sites excluding steroid dienone is 2. The van der Waals surface area contributed by atoms with Gasteiger partial charge in [0.2, 0.25) is 0 Å². The standard InChI is InChI=1S/C15H20N2/c1-4-15(16-3)13-7-9-14(10-8-13)17-11-5-6-12(17)2/h4,7-10,16H,2,5-6,11H2,1,3H3/b15-4-. The third-order valence-electron chi connectivity index (χ3n) is 3.28. The molecule has 1 N–H and O–H groups in total. The Hall–Kier alpha value is -1.70. The fourth-order valence-electron chi connectivity index (χ4n) is 2.32. The maximum Gasteiger partial charge on any atom is 0.0408 e. The van der Waals surface area contributed by atoms with Crippen LogP contribution in [0.1, 0.15) is 25.3 Å². The smallest absolute Gasteiger partial charge is 0.0408 e. The van der Waals surface area contributed by atoms with Crippen LogP contribution in [0.2, 0.25) is 0 Å². The van der Waals surface area contributed by atoms with Crippen LogP contribution in [-0.4, -0.2) is 13.6 Å². The molecule has 0 aromatic heterocycles. The highest BCUT2D eigenvalue weighted by Crippen LogP contribution is 2.27. The van der Waals surface area contributed by atoms with E-state index >= 15 is 0 Å². The van der Waals surface area contributed by atoms with E-state index in [4.69, 9.17) is 0 Å². The van der Waals surface area contributed by atoms with Crippen LogP contribution in [-0.2, 0) is 0 Å². The molecule has 0 bridgehead atoms. The molecule has 1 aromatic rings. The molecule has 0 radical (unpaired) electrons. The van der Waals surface area contributed by atoms with Crippen molar-refractivity contribution in [1.29, 1.82) is 0 Å². The number of nitrogens with one attached hydrogen (secondary N) is 1. The van der Waals surface area contributed by atoms with Gasteiger partial charge in [0, 0.05) is 30.7 Å². The summed E-state index contributed by atoms with van der Waals surface area (Å²) >= 11 is 0. The third kappa shape index (κ3) is 2.36. The molecule has 1 aliphatic heterocycles. The summed E-state index contributed by atoms with van der Waals surface area (Å²) in [6.07, 6.45) is 4.43. The second-order valence-electron chi connectivity index (χ2n) is 4.32. The normalized spacial score (nSPS) is 16.5. The summed E-state index contributed by atoms with van der Waals surface area (Å²) in [7, 11) is 1.95. The number of benzene rings is 1. The van der Waals surface area contributed by atoms with Crippen molar-refractivity contribution in [2.45, 2.75) is 19.8 Å². The molecular weight excluding hydrogens is 208 g/mol. The van der Waals surface area contributed by atoms with Crippen molar-refractivity contribution in [2.24, 2.45) is 0 Å². The van der Waals surface area contributed by atoms with E-state index in [-0.39, 0.29) is 0 Å². The van der Waals surface area contributed by atoms with Crippen molar-refractivity contribution in [3.63, 3.8) is 0 Å². The Morgan fingerprint density at radius 3 is 2.53 bits per heavy atom. The van der Waals surface area contributed by atoms with Crippen LogP contribution in [0.4, 0.5) is 5.69 Å². The highest BCUT2D eigenvalue weighted by Gasteiger charge is 2.16. The van der Waals surface area contributed by atoms with E-state index in [1.54, 1.807) is 0 Å². The van der Waals surface area contributed by atoms with Gasteiger partial charge in [-0.15, -0.1) is 0 Å². The van der Waals surface area contributed by atoms with Gasteiger partial charge < -0.3 is 10.2 Å². The Kier molecular flexibility index (Phi) is 3.52. The topological polar surface area (TPSA) is 15.3 Å². The lowest BCUT2D eigenvalue weighted by molar-refractivity contribution is 0.956. The zero-order chi connectivity index (χ0) is 12.3. The molecule has 2 nitrogen and oxygen atoms in total. The lowest BCUT2D eigenvalue weighted by Crippen LogP contribution is -2.15. The molecule has 90 valence electrons. The molecule has 0 spiro atoms. The van der Waals surface area contributed by atoms with Crippen LogP contribution in [0, 0.1) is 0 Å². The largest absolute Gasteiger partial charge is 0.388 e. The Bertz CT molecular complexity index is 429. The van der Waals surface area contributed by atoms with Gasteiger partial charge in [0.1, 0.15) is 0 Å². The zero-order valence-corrected chi connectivity index (χ0v) is 10.7. The molecule has 0 atom stereocenters. The highest BCUT2D eigenvalue weighted by molar-refractivity contribution is 5.66. The van der Waals surface area contributed by atoms with E-state index < -0.39 is 0 Å². The second kappa shape index (κ2) is 5.09. The molecule has 0 saturated carbocycles. The van der Waals surface area contributed by atoms with Crippen LogP contribution in [0.15, 0.2) is 42.6 Å². The van der Waals surface area contributed by atoms with E-state index in [2.05, 4.69) is 47.1 Å². The molecule has 17 heavy (non-hydrogen) atoms. The first-order valence-corrected chi connectivity index (χ1v) is 6.16. The average molecular weight is 228 g/mol. The SMILES string of the molecule is C=C1CCCN1c1ccc(/C(=C/C)NC)cc1. The van der Waals surface area contributed by atoms with Crippen LogP contribution in [0.25, 0.3) is 5.70 Å². The minimum atomic E-state index is 1.10. The van der Waals surface area contributed by atoms with E-state index in [1.165, 1.54) is 23.4 Å². The van der Waals surface area contributed by atoms with E-state index in [0.29, 0.717) is 0 Å². The maximum absolute atomic E-state index is 4.10. The first-order valence-electron chi connectivity index (χ1n) is 6.16. The first kappa shape index (κ1) is 11.8. The molecule has 1 fully saturated rings. The fourth-order valence-corrected chi connectivity index (χ4v) is 2.32. The van der Waals surface area contributed by atoms with Gasteiger partial charge in [0.05, 0.1) is 0 Å². The molecule has 1 heterocycles. The first-order chi connectivity index (χ1) is 8.26. The number of nitrogens with zero attached hydrogens (tertiary/aromatic N) is 1. The Balaban J connectivity index is 2.21. The van der Waals surface area contributed by atoms with Gasteiger partial charge >= 0.3 is 0 Å². The van der Waals surface area contributed by atoms with E-state index in [9.17, 15) is 0 Å². The van der Waals surface area contributed by atoms with E-state index in [1.807, 2.05) is 14.0 Å². The second-order valence-corrected chi connectivity index (χ2v) is 4.32. The molecule has 0 amide bonds. The Morgan fingerprint density at radius 1 is 1.35 bits per heavy atom. The van der Waals surface area contributed by atoms with Gasteiger partial charge in [-0.05, 0) is 37.5 Å². The number of hydrogen-bond donors (Lipinski definition) is 1. The molecule has 1 saturated heterocycles. The van der Waals surface area contributed by atoms with Crippen LogP contribution in [0.5, 0.6) is 0 Å². The van der Waals surface area contributed by atoms with Gasteiger partial charge in [0.25, 0.3) is 0 Å². The fraction of sp³-hybridized carbons (Fsp3) is 0.333. The average Bonchev–Trinajstić information content (AvgIpc) is 2.78. The van der Waals surface area contributed by atoms with Gasteiger partial charge in [-0.2, -0.15) is 0 Å². The highest BCUT2D eigenvalue weighted by atomic mass is 15.2. The van der Waals surface area contributed by atoms with Crippen molar-refractivity contribution in [3.8, 4) is 0 Å². The van der Waals surface area contributed by atoms with Gasteiger partial charge in [0.15, 0.2) is 0 Å². The predicted molar refractivity (Wildman–Crippen MR) is 74.9 cm³/mol. The van der Waals surface area contributed by atoms with Crippen molar-refractivity contribution in [1.82, 2.24) is 5.32 Å². The quantitative estimate of drug-likeness (QED) is 0.853. The van der Waals surface area contributed by atoms with E-state index in [0.717, 1.165) is 18.7 Å². The number of anilines is 1. The number of rotatable bonds is 3. The van der Waals surface area contributed by atoms with Crippen LogP contribution in [0.3, 0.4) is 0 Å². The number of hydrogen-bond acceptors (Lipinski definition) is 2. The Labute approximate surface area is 104 Å². The molecule has 1 aromatic carbocycles. The maximum atomic E-state index is 4.10. The lowest BCUT2D eigenvalue weighted by atomic mass is 10.1. The van der Waals surface area contributed by atoms with Crippen molar-refractivity contribution in [3.05, 3.63) is 48.2 Å². The summed E-state index contributed by atoms with van der Waals surface area (Å²) < 4.78 is 0. The Morgan fingerprint density at radius 2 is 2.06 bits per heavy atom. The summed E-state index contributed by atoms with van der Waals surface area (Å²) in [6.45, 7) is 7.25. The van der Waals surface area contributed by atoms with Crippen LogP contribution < -0.4 is 10.2 Å². The van der Waals surface area contributed by atoms with Crippen molar-refractivity contribution >= 4 is 11.4 Å². The lowest BCUT2D eigenvalue weighted by Gasteiger charge is -2.19. The molecule has 0 aliphatic carbocycles. The summed E-state index contributed by atoms with van der Waals surface area (Å²) in [5.74, 6) is 0. The molecule has 2 heteroatoms. The molecule has 2 rings (SSSR count). The predicted octanol–water partition coefficient (Wildman–Crippen LogP) is 3.38. The summed E-state index contributed by atoms with van der Waals surface area (Å²) in [5.41, 5.74) is 4.88. The summed E-state index contributed by atoms with van der Waals surface area (Å²) in [6, 6.07) is 8.67. The molecule has 0 unspecified atom stereocenters. The molecule has 1 aliphatic rings. The van der Waals surface area contributed by atoms with Gasteiger partial charge in [-0.3, -0.25) is 0 Å². The minimum Gasteiger partial charge on any atom is -0.388 e. The van der Waals surface area contributed by atoms with Crippen LogP contribution >= 0.6 is 0 Å². The zero-order valence-electron chi connectivity index (χ0n) is 10.7. The van der Waals surface area contributed by atoms with Gasteiger partial charge in [-0.25, -0.2) is 0 Å². The minimum absolute atomic E-state index is 1.10.